The first-order chi connectivity index (χ1) is 7.42. The fourth-order valence-electron chi connectivity index (χ4n) is 2.09. The van der Waals surface area contributed by atoms with Crippen molar-refractivity contribution in [2.24, 2.45) is 0 Å². The Morgan fingerprint density at radius 3 is 3.13 bits per heavy atom. The molecule has 1 N–H and O–H groups in total. The van der Waals surface area contributed by atoms with Crippen LogP contribution in [0.4, 0.5) is 5.69 Å². The van der Waals surface area contributed by atoms with E-state index in [2.05, 4.69) is 36.5 Å². The summed E-state index contributed by atoms with van der Waals surface area (Å²) in [7, 11) is 0. The third kappa shape index (κ3) is 2.51. The monoisotopic (exact) mass is 205 g/mol. The molecule has 0 fully saturated rings. The molecule has 1 aliphatic rings. The Hall–Kier alpha value is -1.02. The summed E-state index contributed by atoms with van der Waals surface area (Å²) in [4.78, 5) is 0. The minimum Gasteiger partial charge on any atom is -0.385 e. The molecule has 2 rings (SSSR count). The van der Waals surface area contributed by atoms with Crippen molar-refractivity contribution in [2.45, 2.75) is 25.7 Å². The maximum Gasteiger partial charge on any atom is 0.0536 e. The van der Waals surface area contributed by atoms with Crippen molar-refractivity contribution in [1.29, 1.82) is 0 Å². The van der Waals surface area contributed by atoms with E-state index in [0.29, 0.717) is 5.92 Å². The number of benzene rings is 1. The molecule has 0 aliphatic carbocycles. The largest absolute Gasteiger partial charge is 0.385 e. The van der Waals surface area contributed by atoms with E-state index in [1.807, 2.05) is 0 Å². The van der Waals surface area contributed by atoms with Crippen LogP contribution < -0.4 is 5.32 Å². The first kappa shape index (κ1) is 10.5. The van der Waals surface area contributed by atoms with Gasteiger partial charge in [0, 0.05) is 24.8 Å². The van der Waals surface area contributed by atoms with Crippen LogP contribution in [0.25, 0.3) is 0 Å². The molecule has 82 valence electrons. The van der Waals surface area contributed by atoms with Gasteiger partial charge in [-0.05, 0) is 24.5 Å². The standard InChI is InChI=1S/C13H19NO/c1-2-9-15-10-11-7-8-14-13-6-4-3-5-12(11)13/h3-6,11,14H,2,7-10H2,1H3. The summed E-state index contributed by atoms with van der Waals surface area (Å²) < 4.78 is 5.65. The number of para-hydroxylation sites is 1. The Morgan fingerprint density at radius 1 is 1.40 bits per heavy atom. The van der Waals surface area contributed by atoms with Crippen molar-refractivity contribution < 1.29 is 4.74 Å². The van der Waals surface area contributed by atoms with Gasteiger partial charge in [0.2, 0.25) is 0 Å². The molecular weight excluding hydrogens is 186 g/mol. The number of fused-ring (bicyclic) bond motifs is 1. The highest BCUT2D eigenvalue weighted by molar-refractivity contribution is 5.54. The third-order valence-corrected chi connectivity index (χ3v) is 2.88. The van der Waals surface area contributed by atoms with Gasteiger partial charge in [0.15, 0.2) is 0 Å². The summed E-state index contributed by atoms with van der Waals surface area (Å²) in [5.41, 5.74) is 2.70. The van der Waals surface area contributed by atoms with Crippen molar-refractivity contribution in [3.05, 3.63) is 29.8 Å². The fourth-order valence-corrected chi connectivity index (χ4v) is 2.09. The second-order valence-corrected chi connectivity index (χ2v) is 4.07. The molecule has 1 heterocycles. The van der Waals surface area contributed by atoms with Crippen LogP contribution in [0.1, 0.15) is 31.2 Å². The second-order valence-electron chi connectivity index (χ2n) is 4.07. The smallest absolute Gasteiger partial charge is 0.0536 e. The van der Waals surface area contributed by atoms with Gasteiger partial charge in [-0.3, -0.25) is 0 Å². The molecule has 1 atom stereocenters. The second kappa shape index (κ2) is 5.17. The van der Waals surface area contributed by atoms with E-state index < -0.39 is 0 Å². The Balaban J connectivity index is 2.02. The van der Waals surface area contributed by atoms with Gasteiger partial charge in [-0.15, -0.1) is 0 Å². The quantitative estimate of drug-likeness (QED) is 0.763. The average Bonchev–Trinajstić information content (AvgIpc) is 2.30. The Bertz CT molecular complexity index is 311. The zero-order chi connectivity index (χ0) is 10.5. The first-order valence-electron chi connectivity index (χ1n) is 5.82. The predicted molar refractivity (Wildman–Crippen MR) is 63.4 cm³/mol. The van der Waals surface area contributed by atoms with Gasteiger partial charge in [0.25, 0.3) is 0 Å². The van der Waals surface area contributed by atoms with Crippen LogP contribution >= 0.6 is 0 Å². The van der Waals surface area contributed by atoms with Crippen molar-refractivity contribution in [1.82, 2.24) is 0 Å². The van der Waals surface area contributed by atoms with Crippen LogP contribution in [0, 0.1) is 0 Å². The van der Waals surface area contributed by atoms with Crippen molar-refractivity contribution >= 4 is 5.69 Å². The number of nitrogens with one attached hydrogen (secondary N) is 1. The van der Waals surface area contributed by atoms with Crippen LogP contribution in [0.5, 0.6) is 0 Å². The molecule has 0 radical (unpaired) electrons. The summed E-state index contributed by atoms with van der Waals surface area (Å²) in [6.45, 7) is 4.96. The van der Waals surface area contributed by atoms with Gasteiger partial charge in [0.1, 0.15) is 0 Å². The molecule has 1 aliphatic heterocycles. The van der Waals surface area contributed by atoms with E-state index in [1.165, 1.54) is 17.7 Å². The zero-order valence-corrected chi connectivity index (χ0v) is 9.33. The van der Waals surface area contributed by atoms with E-state index in [-0.39, 0.29) is 0 Å². The molecule has 0 spiro atoms. The highest BCUT2D eigenvalue weighted by atomic mass is 16.5. The Labute approximate surface area is 91.6 Å². The van der Waals surface area contributed by atoms with Crippen LogP contribution in [0.15, 0.2) is 24.3 Å². The number of ether oxygens (including phenoxy) is 1. The van der Waals surface area contributed by atoms with Crippen molar-refractivity contribution in [3.63, 3.8) is 0 Å². The molecule has 0 saturated carbocycles. The summed E-state index contributed by atoms with van der Waals surface area (Å²) in [6.07, 6.45) is 2.29. The normalized spacial score (nSPS) is 19.4. The van der Waals surface area contributed by atoms with Crippen molar-refractivity contribution in [2.75, 3.05) is 25.1 Å². The molecule has 2 heteroatoms. The maximum absolute atomic E-state index is 5.65. The fraction of sp³-hybridized carbons (Fsp3) is 0.538. The molecular formula is C13H19NO. The minimum absolute atomic E-state index is 0.578. The van der Waals surface area contributed by atoms with Gasteiger partial charge in [-0.25, -0.2) is 0 Å². The molecule has 1 unspecified atom stereocenters. The number of hydrogen-bond donors (Lipinski definition) is 1. The van der Waals surface area contributed by atoms with Gasteiger partial charge in [-0.2, -0.15) is 0 Å². The SMILES string of the molecule is CCCOCC1CCNc2ccccc21. The summed E-state index contributed by atoms with van der Waals surface area (Å²) in [5.74, 6) is 0.578. The molecule has 0 aromatic heterocycles. The maximum atomic E-state index is 5.65. The molecule has 2 nitrogen and oxygen atoms in total. The third-order valence-electron chi connectivity index (χ3n) is 2.88. The van der Waals surface area contributed by atoms with Gasteiger partial charge in [0.05, 0.1) is 6.61 Å². The highest BCUT2D eigenvalue weighted by Gasteiger charge is 2.19. The predicted octanol–water partition coefficient (Wildman–Crippen LogP) is 3.01. The first-order valence-corrected chi connectivity index (χ1v) is 5.82. The lowest BCUT2D eigenvalue weighted by Crippen LogP contribution is -2.20. The van der Waals surface area contributed by atoms with E-state index >= 15 is 0 Å². The van der Waals surface area contributed by atoms with E-state index in [1.54, 1.807) is 0 Å². The zero-order valence-electron chi connectivity index (χ0n) is 9.33. The Kier molecular flexibility index (Phi) is 3.62. The summed E-state index contributed by atoms with van der Waals surface area (Å²) >= 11 is 0. The van der Waals surface area contributed by atoms with Crippen LogP contribution in [0.2, 0.25) is 0 Å². The number of hydrogen-bond acceptors (Lipinski definition) is 2. The number of rotatable bonds is 4. The molecule has 1 aromatic rings. The molecule has 0 amide bonds. The summed E-state index contributed by atoms with van der Waals surface area (Å²) in [6, 6.07) is 8.56. The summed E-state index contributed by atoms with van der Waals surface area (Å²) in [5, 5.41) is 3.43. The molecule has 0 bridgehead atoms. The lowest BCUT2D eigenvalue weighted by molar-refractivity contribution is 0.118. The number of anilines is 1. The lowest BCUT2D eigenvalue weighted by Gasteiger charge is -2.26. The van der Waals surface area contributed by atoms with Crippen LogP contribution in [0.3, 0.4) is 0 Å². The van der Waals surface area contributed by atoms with E-state index in [0.717, 1.165) is 26.2 Å². The van der Waals surface area contributed by atoms with Crippen LogP contribution in [-0.4, -0.2) is 19.8 Å². The highest BCUT2D eigenvalue weighted by Crippen LogP contribution is 2.31. The minimum atomic E-state index is 0.578. The lowest BCUT2D eigenvalue weighted by atomic mass is 9.92. The van der Waals surface area contributed by atoms with E-state index in [9.17, 15) is 0 Å². The molecule has 15 heavy (non-hydrogen) atoms. The average molecular weight is 205 g/mol. The van der Waals surface area contributed by atoms with Gasteiger partial charge < -0.3 is 10.1 Å². The topological polar surface area (TPSA) is 21.3 Å². The van der Waals surface area contributed by atoms with Gasteiger partial charge >= 0.3 is 0 Å². The van der Waals surface area contributed by atoms with Crippen LogP contribution in [-0.2, 0) is 4.74 Å². The van der Waals surface area contributed by atoms with Gasteiger partial charge in [-0.1, -0.05) is 25.1 Å². The van der Waals surface area contributed by atoms with Crippen molar-refractivity contribution in [3.8, 4) is 0 Å². The van der Waals surface area contributed by atoms with E-state index in [4.69, 9.17) is 4.74 Å². The molecule has 0 saturated heterocycles. The Morgan fingerprint density at radius 2 is 2.27 bits per heavy atom. The molecule has 1 aromatic carbocycles.